The molecule has 116 valence electrons. The SMILES string of the molecule is CCCNCc1cc(F)ccc1N(CC1CC1)CC1CC1. The summed E-state index contributed by atoms with van der Waals surface area (Å²) < 4.78 is 13.6. The monoisotopic (exact) mass is 290 g/mol. The third kappa shape index (κ3) is 4.44. The van der Waals surface area contributed by atoms with E-state index in [4.69, 9.17) is 0 Å². The molecule has 0 bridgehead atoms. The van der Waals surface area contributed by atoms with E-state index < -0.39 is 0 Å². The molecule has 0 saturated heterocycles. The summed E-state index contributed by atoms with van der Waals surface area (Å²) >= 11 is 0. The summed E-state index contributed by atoms with van der Waals surface area (Å²) in [4.78, 5) is 2.53. The van der Waals surface area contributed by atoms with Gasteiger partial charge in [-0.2, -0.15) is 0 Å². The largest absolute Gasteiger partial charge is 0.371 e. The molecule has 1 N–H and O–H groups in total. The van der Waals surface area contributed by atoms with E-state index in [1.165, 1.54) is 31.4 Å². The number of hydrogen-bond donors (Lipinski definition) is 1. The molecule has 2 saturated carbocycles. The Balaban J connectivity index is 1.74. The zero-order valence-electron chi connectivity index (χ0n) is 13.1. The first-order valence-electron chi connectivity index (χ1n) is 8.50. The zero-order valence-corrected chi connectivity index (χ0v) is 13.1. The first-order valence-corrected chi connectivity index (χ1v) is 8.50. The molecule has 0 amide bonds. The van der Waals surface area contributed by atoms with E-state index in [1.54, 1.807) is 12.1 Å². The fourth-order valence-electron chi connectivity index (χ4n) is 2.90. The number of nitrogens with one attached hydrogen (secondary N) is 1. The number of hydrogen-bond acceptors (Lipinski definition) is 2. The topological polar surface area (TPSA) is 15.3 Å². The lowest BCUT2D eigenvalue weighted by atomic mass is 10.1. The predicted octanol–water partition coefficient (Wildman–Crippen LogP) is 3.95. The Morgan fingerprint density at radius 1 is 1.14 bits per heavy atom. The molecule has 3 heteroatoms. The minimum Gasteiger partial charge on any atom is -0.371 e. The lowest BCUT2D eigenvalue weighted by Gasteiger charge is -2.27. The summed E-state index contributed by atoms with van der Waals surface area (Å²) in [6.45, 7) is 6.23. The Kier molecular flexibility index (Phi) is 4.79. The maximum Gasteiger partial charge on any atom is 0.123 e. The van der Waals surface area contributed by atoms with Gasteiger partial charge in [0.15, 0.2) is 0 Å². The fraction of sp³-hybridized carbons (Fsp3) is 0.667. The number of anilines is 1. The summed E-state index contributed by atoms with van der Waals surface area (Å²) in [5.74, 6) is 1.61. The van der Waals surface area contributed by atoms with Crippen molar-refractivity contribution in [2.45, 2.75) is 45.6 Å². The van der Waals surface area contributed by atoms with Crippen molar-refractivity contribution in [3.05, 3.63) is 29.6 Å². The molecule has 0 atom stereocenters. The van der Waals surface area contributed by atoms with Gasteiger partial charge in [-0.15, -0.1) is 0 Å². The second-order valence-corrected chi connectivity index (χ2v) is 6.74. The van der Waals surface area contributed by atoms with Gasteiger partial charge in [0.2, 0.25) is 0 Å². The molecule has 0 radical (unpaired) electrons. The molecule has 3 rings (SSSR count). The first-order chi connectivity index (χ1) is 10.3. The smallest absolute Gasteiger partial charge is 0.123 e. The molecule has 0 heterocycles. The van der Waals surface area contributed by atoms with Crippen LogP contribution >= 0.6 is 0 Å². The van der Waals surface area contributed by atoms with Crippen LogP contribution in [0.1, 0.15) is 44.6 Å². The average Bonchev–Trinajstić information content (AvgIpc) is 3.34. The Hall–Kier alpha value is -1.09. The molecule has 0 spiro atoms. The van der Waals surface area contributed by atoms with Gasteiger partial charge in [-0.25, -0.2) is 4.39 Å². The highest BCUT2D eigenvalue weighted by Crippen LogP contribution is 2.36. The number of rotatable bonds is 9. The van der Waals surface area contributed by atoms with Crippen molar-refractivity contribution < 1.29 is 4.39 Å². The second kappa shape index (κ2) is 6.78. The molecule has 0 aromatic heterocycles. The van der Waals surface area contributed by atoms with Gasteiger partial charge in [-0.05, 0) is 74.2 Å². The Bertz CT molecular complexity index is 452. The van der Waals surface area contributed by atoms with Crippen LogP contribution in [0.25, 0.3) is 0 Å². The third-order valence-corrected chi connectivity index (χ3v) is 4.48. The molecule has 2 aliphatic rings. The van der Waals surface area contributed by atoms with Crippen LogP contribution < -0.4 is 10.2 Å². The molecule has 2 fully saturated rings. The minimum absolute atomic E-state index is 0.121. The van der Waals surface area contributed by atoms with Crippen LogP contribution in [-0.4, -0.2) is 19.6 Å². The van der Waals surface area contributed by atoms with Crippen LogP contribution in [0.2, 0.25) is 0 Å². The van der Waals surface area contributed by atoms with Crippen LogP contribution in [0.5, 0.6) is 0 Å². The van der Waals surface area contributed by atoms with Gasteiger partial charge in [0.05, 0.1) is 0 Å². The fourth-order valence-corrected chi connectivity index (χ4v) is 2.90. The van der Waals surface area contributed by atoms with Crippen LogP contribution in [-0.2, 0) is 6.54 Å². The van der Waals surface area contributed by atoms with Gasteiger partial charge >= 0.3 is 0 Å². The zero-order chi connectivity index (χ0) is 14.7. The van der Waals surface area contributed by atoms with Crippen molar-refractivity contribution in [3.8, 4) is 0 Å². The van der Waals surface area contributed by atoms with Crippen LogP contribution in [0.15, 0.2) is 18.2 Å². The van der Waals surface area contributed by atoms with Crippen molar-refractivity contribution in [1.82, 2.24) is 5.32 Å². The standard InChI is InChI=1S/C18H27FN2/c1-2-9-20-11-16-10-17(19)7-8-18(16)21(12-14-3-4-14)13-15-5-6-15/h7-8,10,14-15,20H,2-6,9,11-13H2,1H3. The Morgan fingerprint density at radius 2 is 1.81 bits per heavy atom. The van der Waals surface area contributed by atoms with Crippen LogP contribution in [0.4, 0.5) is 10.1 Å². The second-order valence-electron chi connectivity index (χ2n) is 6.74. The van der Waals surface area contributed by atoms with Crippen molar-refractivity contribution >= 4 is 5.69 Å². The van der Waals surface area contributed by atoms with Gasteiger partial charge < -0.3 is 10.2 Å². The molecule has 1 aromatic rings. The van der Waals surface area contributed by atoms with Gasteiger partial charge in [-0.1, -0.05) is 6.92 Å². The van der Waals surface area contributed by atoms with E-state index in [0.29, 0.717) is 0 Å². The van der Waals surface area contributed by atoms with Gasteiger partial charge in [-0.3, -0.25) is 0 Å². The normalized spacial score (nSPS) is 18.0. The number of halogens is 1. The number of benzene rings is 1. The number of nitrogens with zero attached hydrogens (tertiary/aromatic N) is 1. The van der Waals surface area contributed by atoms with Gasteiger partial charge in [0.25, 0.3) is 0 Å². The van der Waals surface area contributed by atoms with E-state index >= 15 is 0 Å². The summed E-state index contributed by atoms with van der Waals surface area (Å²) in [7, 11) is 0. The summed E-state index contributed by atoms with van der Waals surface area (Å²) in [6, 6.07) is 5.32. The van der Waals surface area contributed by atoms with Crippen molar-refractivity contribution in [2.24, 2.45) is 11.8 Å². The van der Waals surface area contributed by atoms with Crippen molar-refractivity contribution in [2.75, 3.05) is 24.5 Å². The van der Waals surface area contributed by atoms with Crippen LogP contribution in [0.3, 0.4) is 0 Å². The molecule has 2 nitrogen and oxygen atoms in total. The maximum atomic E-state index is 13.6. The molecule has 1 aromatic carbocycles. The Labute approximate surface area is 127 Å². The van der Waals surface area contributed by atoms with E-state index in [1.807, 2.05) is 6.07 Å². The highest BCUT2D eigenvalue weighted by atomic mass is 19.1. The lowest BCUT2D eigenvalue weighted by Crippen LogP contribution is -2.30. The van der Waals surface area contributed by atoms with Crippen molar-refractivity contribution in [3.63, 3.8) is 0 Å². The van der Waals surface area contributed by atoms with Crippen LogP contribution in [0, 0.1) is 17.7 Å². The Morgan fingerprint density at radius 3 is 2.38 bits per heavy atom. The predicted molar refractivity (Wildman–Crippen MR) is 86.1 cm³/mol. The highest BCUT2D eigenvalue weighted by Gasteiger charge is 2.30. The highest BCUT2D eigenvalue weighted by molar-refractivity contribution is 5.54. The van der Waals surface area contributed by atoms with Gasteiger partial charge in [0.1, 0.15) is 5.82 Å². The van der Waals surface area contributed by atoms with Gasteiger partial charge in [0, 0.05) is 25.3 Å². The van der Waals surface area contributed by atoms with E-state index in [0.717, 1.165) is 50.0 Å². The maximum absolute atomic E-state index is 13.6. The molecular weight excluding hydrogens is 263 g/mol. The molecule has 0 aliphatic heterocycles. The summed E-state index contributed by atoms with van der Waals surface area (Å²) in [5, 5.41) is 3.42. The molecule has 21 heavy (non-hydrogen) atoms. The molecule has 0 unspecified atom stereocenters. The summed E-state index contributed by atoms with van der Waals surface area (Å²) in [5.41, 5.74) is 2.36. The lowest BCUT2D eigenvalue weighted by molar-refractivity contribution is 0.614. The van der Waals surface area contributed by atoms with E-state index in [2.05, 4.69) is 17.1 Å². The quantitative estimate of drug-likeness (QED) is 0.693. The summed E-state index contributed by atoms with van der Waals surface area (Å²) in [6.07, 6.45) is 6.58. The third-order valence-electron chi connectivity index (χ3n) is 4.48. The van der Waals surface area contributed by atoms with E-state index in [9.17, 15) is 4.39 Å². The van der Waals surface area contributed by atoms with Crippen molar-refractivity contribution in [1.29, 1.82) is 0 Å². The molecule has 2 aliphatic carbocycles. The van der Waals surface area contributed by atoms with E-state index in [-0.39, 0.29) is 5.82 Å². The molecular formula is C18H27FN2. The first kappa shape index (κ1) is 14.8. The minimum atomic E-state index is -0.121. The average molecular weight is 290 g/mol.